The fourth-order valence-corrected chi connectivity index (χ4v) is 3.35. The first-order valence-electron chi connectivity index (χ1n) is 12.2. The molecule has 4 N–H and O–H groups in total. The van der Waals surface area contributed by atoms with Crippen LogP contribution in [0, 0.1) is 0 Å². The molecule has 0 radical (unpaired) electrons. The Labute approximate surface area is 266 Å². The third kappa shape index (κ3) is 7.48. The van der Waals surface area contributed by atoms with Crippen LogP contribution in [0.5, 0.6) is 11.5 Å². The Morgan fingerprint density at radius 1 is 0.451 bits per heavy atom. The number of hydrogen-bond acceptors (Lipinski definition) is 4. The van der Waals surface area contributed by atoms with E-state index in [0.29, 0.717) is 24.3 Å². The Kier molecular flexibility index (Phi) is 11.1. The summed E-state index contributed by atoms with van der Waals surface area (Å²) in [5, 5.41) is 0. The number of anilines is 2. The average molecular weight is 790 g/mol. The summed E-state index contributed by atoms with van der Waals surface area (Å²) >= 11 is 0. The Bertz CT molecular complexity index is 1550. The molecule has 0 heterocycles. The van der Waals surface area contributed by atoms with Crippen LogP contribution < -0.4 is 20.9 Å². The van der Waals surface area contributed by atoms with E-state index >= 15 is 0 Å². The molecule has 0 fully saturated rings. The van der Waals surface area contributed by atoms with Crippen LogP contribution in [0.15, 0.2) is 60.1 Å². The highest BCUT2D eigenvalue weighted by atomic mass is 19.4. The van der Waals surface area contributed by atoms with E-state index in [1.165, 1.54) is 0 Å². The predicted octanol–water partition coefficient (Wildman–Crippen LogP) is 10.4. The normalized spacial score (nSPS) is 15.3. The molecule has 2 aromatic carbocycles. The zero-order chi connectivity index (χ0) is 40.1. The van der Waals surface area contributed by atoms with Gasteiger partial charge in [-0.15, -0.1) is 0 Å². The summed E-state index contributed by atoms with van der Waals surface area (Å²) < 4.78 is 298. The maximum absolute atomic E-state index is 14.1. The van der Waals surface area contributed by atoms with Gasteiger partial charge in [0.2, 0.25) is 11.7 Å². The fraction of sp³-hybridized carbons (Fsp3) is 0.360. The van der Waals surface area contributed by atoms with Gasteiger partial charge in [0.15, 0.2) is 11.5 Å². The quantitative estimate of drug-likeness (QED) is 0.128. The first-order chi connectivity index (χ1) is 22.6. The second-order valence-corrected chi connectivity index (χ2v) is 9.74. The predicted molar refractivity (Wildman–Crippen MR) is 126 cm³/mol. The number of alkyl halides is 18. The highest BCUT2D eigenvalue weighted by Crippen LogP contribution is 2.57. The zero-order valence-electron chi connectivity index (χ0n) is 23.5. The minimum Gasteiger partial charge on any atom is -0.427 e. The van der Waals surface area contributed by atoms with Gasteiger partial charge in [0.05, 0.1) is 11.4 Å². The molecule has 0 saturated heterocycles. The summed E-state index contributed by atoms with van der Waals surface area (Å²) in [7, 11) is 0. The molecular weight excluding hydrogens is 778 g/mol. The zero-order valence-corrected chi connectivity index (χ0v) is 23.5. The average Bonchev–Trinajstić information content (AvgIpc) is 2.97. The van der Waals surface area contributed by atoms with Crippen molar-refractivity contribution in [3.05, 3.63) is 71.2 Å². The third-order valence-corrected chi connectivity index (χ3v) is 6.15. The maximum atomic E-state index is 14.1. The minimum absolute atomic E-state index is 0.369. The molecule has 0 bridgehead atoms. The lowest BCUT2D eigenvalue weighted by molar-refractivity contribution is -0.392. The summed E-state index contributed by atoms with van der Waals surface area (Å²) in [6.45, 7) is 0. The monoisotopic (exact) mass is 790 g/mol. The molecule has 26 heteroatoms. The molecule has 0 unspecified atom stereocenters. The van der Waals surface area contributed by atoms with Crippen molar-refractivity contribution in [1.82, 2.24) is 0 Å². The molecule has 288 valence electrons. The number of allylic oxidation sites excluding steroid dienone is 2. The first-order valence-corrected chi connectivity index (χ1v) is 12.2. The van der Waals surface area contributed by atoms with Crippen LogP contribution >= 0.6 is 0 Å². The van der Waals surface area contributed by atoms with Crippen LogP contribution in [0.1, 0.15) is 11.1 Å². The van der Waals surface area contributed by atoms with E-state index < -0.39 is 101 Å². The van der Waals surface area contributed by atoms with Gasteiger partial charge in [0.1, 0.15) is 0 Å². The van der Waals surface area contributed by atoms with Crippen LogP contribution in [0.3, 0.4) is 0 Å². The fourth-order valence-electron chi connectivity index (χ4n) is 3.35. The van der Waals surface area contributed by atoms with Crippen molar-refractivity contribution in [2.45, 2.75) is 54.3 Å². The molecule has 0 atom stereocenters. The maximum Gasteiger partial charge on any atom is 0.460 e. The molecule has 0 aliphatic rings. The molecule has 0 aliphatic heterocycles. The van der Waals surface area contributed by atoms with Gasteiger partial charge in [0, 0.05) is 0 Å². The van der Waals surface area contributed by atoms with E-state index in [4.69, 9.17) is 11.5 Å². The summed E-state index contributed by atoms with van der Waals surface area (Å²) in [5.74, 6) is -56.2. The van der Waals surface area contributed by atoms with Crippen molar-refractivity contribution in [3.8, 4) is 11.5 Å². The number of benzene rings is 2. The summed E-state index contributed by atoms with van der Waals surface area (Å²) in [4.78, 5) is 0. The number of rotatable bonds is 12. The van der Waals surface area contributed by atoms with Gasteiger partial charge in [-0.1, -0.05) is 12.1 Å². The van der Waals surface area contributed by atoms with E-state index in [2.05, 4.69) is 9.47 Å². The molecule has 2 rings (SSSR count). The Balaban J connectivity index is 2.44. The molecule has 0 aliphatic carbocycles. The number of hydrogen-bond donors (Lipinski definition) is 2. The number of nitrogens with two attached hydrogens (primary N) is 2. The second-order valence-electron chi connectivity index (χ2n) is 9.74. The smallest absolute Gasteiger partial charge is 0.427 e. The first kappa shape index (κ1) is 42.7. The standard InChI is InChI=1S/C25H12F22N2O2/c26-14(18(30,31)20(34,35)22(38,39)24(42,43)44)16(28)50-12-6-8(1-3-10(12)48)5-9-2-4-11(49)13(7-9)51-17(29)15(27)19(32,33)21(36,37)23(40,41)25(45,46)47/h1-4,6-7H,5,48-49H2. The van der Waals surface area contributed by atoms with Crippen molar-refractivity contribution < 1.29 is 106 Å². The topological polar surface area (TPSA) is 70.5 Å². The Morgan fingerprint density at radius 3 is 0.980 bits per heavy atom. The van der Waals surface area contributed by atoms with Gasteiger partial charge in [-0.25, -0.2) is 0 Å². The highest BCUT2D eigenvalue weighted by molar-refractivity contribution is 5.57. The van der Waals surface area contributed by atoms with Crippen molar-refractivity contribution in [1.29, 1.82) is 0 Å². The van der Waals surface area contributed by atoms with Gasteiger partial charge < -0.3 is 20.9 Å². The SMILES string of the molecule is Nc1ccc(Cc2ccc(N)c(OC(F)=C(F)C(F)(F)C(F)(F)C(F)(F)C(F)(F)F)c2)cc1OC(F)=C(F)C(F)(F)C(F)(F)C(F)(F)C(F)(F)F. The largest absolute Gasteiger partial charge is 0.460 e. The van der Waals surface area contributed by atoms with Gasteiger partial charge >= 0.3 is 59.9 Å². The van der Waals surface area contributed by atoms with Gasteiger partial charge in [-0.2, -0.15) is 96.6 Å². The van der Waals surface area contributed by atoms with E-state index in [0.717, 1.165) is 12.1 Å². The third-order valence-electron chi connectivity index (χ3n) is 6.15. The van der Waals surface area contributed by atoms with Gasteiger partial charge in [-0.05, 0) is 41.8 Å². The number of nitrogen functional groups attached to an aromatic ring is 2. The highest BCUT2D eigenvalue weighted by Gasteiger charge is 2.84. The van der Waals surface area contributed by atoms with Gasteiger partial charge in [-0.3, -0.25) is 0 Å². The molecule has 0 amide bonds. The minimum atomic E-state index is -7.64. The number of halogens is 22. The molecule has 0 aromatic heterocycles. The summed E-state index contributed by atoms with van der Waals surface area (Å²) in [6.07, 6.45) is -15.5. The van der Waals surface area contributed by atoms with Crippen molar-refractivity contribution in [3.63, 3.8) is 0 Å². The second kappa shape index (κ2) is 13.3. The molecule has 4 nitrogen and oxygen atoms in total. The molecule has 0 saturated carbocycles. The molecule has 0 spiro atoms. The van der Waals surface area contributed by atoms with E-state index in [1.54, 1.807) is 0 Å². The lowest BCUT2D eigenvalue weighted by Gasteiger charge is -2.32. The van der Waals surface area contributed by atoms with E-state index in [9.17, 15) is 96.6 Å². The van der Waals surface area contributed by atoms with E-state index in [-0.39, 0.29) is 11.1 Å². The van der Waals surface area contributed by atoms with Crippen LogP contribution in [-0.4, -0.2) is 47.9 Å². The Morgan fingerprint density at radius 2 is 0.725 bits per heavy atom. The van der Waals surface area contributed by atoms with Crippen molar-refractivity contribution in [2.24, 2.45) is 0 Å². The number of ether oxygens (including phenoxy) is 2. The Hall–Kier alpha value is -4.42. The van der Waals surface area contributed by atoms with Crippen LogP contribution in [-0.2, 0) is 6.42 Å². The lowest BCUT2D eigenvalue weighted by Crippen LogP contribution is -2.61. The van der Waals surface area contributed by atoms with Crippen molar-refractivity contribution >= 4 is 11.4 Å². The molecule has 51 heavy (non-hydrogen) atoms. The van der Waals surface area contributed by atoms with Crippen molar-refractivity contribution in [2.75, 3.05) is 11.5 Å². The lowest BCUT2D eigenvalue weighted by atomic mass is 10.0. The molecule has 2 aromatic rings. The van der Waals surface area contributed by atoms with Crippen LogP contribution in [0.2, 0.25) is 0 Å². The van der Waals surface area contributed by atoms with Gasteiger partial charge in [0.25, 0.3) is 0 Å². The van der Waals surface area contributed by atoms with Crippen LogP contribution in [0.25, 0.3) is 0 Å². The molecular formula is C25H12F22N2O2. The summed E-state index contributed by atoms with van der Waals surface area (Å²) in [5.41, 5.74) is 8.10. The summed E-state index contributed by atoms with van der Waals surface area (Å²) in [6, 6.07) is -3.13. The van der Waals surface area contributed by atoms with Crippen LogP contribution in [0.4, 0.5) is 108 Å². The van der Waals surface area contributed by atoms with E-state index in [1.807, 2.05) is 0 Å².